The van der Waals surface area contributed by atoms with Gasteiger partial charge in [0, 0.05) is 32.2 Å². The van der Waals surface area contributed by atoms with Gasteiger partial charge in [0.15, 0.2) is 0 Å². The molecule has 7 heteroatoms. The van der Waals surface area contributed by atoms with Crippen LogP contribution in [0.3, 0.4) is 0 Å². The Hall–Kier alpha value is -1.05. The molecule has 4 nitrogen and oxygen atoms in total. The smallest absolute Gasteiger partial charge is 0.214 e. The highest BCUT2D eigenvalue weighted by Crippen LogP contribution is 2.19. The van der Waals surface area contributed by atoms with Crippen molar-refractivity contribution < 1.29 is 17.2 Å². The first-order valence-electron chi connectivity index (χ1n) is 5.83. The van der Waals surface area contributed by atoms with E-state index < -0.39 is 27.7 Å². The predicted molar refractivity (Wildman–Crippen MR) is 70.2 cm³/mol. The van der Waals surface area contributed by atoms with Gasteiger partial charge in [0.25, 0.3) is 0 Å². The van der Waals surface area contributed by atoms with E-state index in [4.69, 9.17) is 0 Å². The molecular formula is C12H18F2N2O2S. The van der Waals surface area contributed by atoms with E-state index in [9.17, 15) is 17.2 Å². The van der Waals surface area contributed by atoms with Gasteiger partial charge in [-0.25, -0.2) is 21.5 Å². The number of rotatable bonds is 6. The number of nitrogens with zero attached hydrogens (tertiary/aromatic N) is 1. The van der Waals surface area contributed by atoms with Crippen molar-refractivity contribution in [3.63, 3.8) is 0 Å². The van der Waals surface area contributed by atoms with Gasteiger partial charge in [0.1, 0.15) is 11.6 Å². The van der Waals surface area contributed by atoms with Gasteiger partial charge in [-0.2, -0.15) is 0 Å². The lowest BCUT2D eigenvalue weighted by molar-refractivity contribution is 0.488. The Morgan fingerprint density at radius 3 is 2.26 bits per heavy atom. The monoisotopic (exact) mass is 292 g/mol. The second-order valence-corrected chi connectivity index (χ2v) is 6.71. The maximum Gasteiger partial charge on any atom is 0.214 e. The van der Waals surface area contributed by atoms with E-state index in [1.165, 1.54) is 32.3 Å². The molecule has 0 aliphatic carbocycles. The summed E-state index contributed by atoms with van der Waals surface area (Å²) in [7, 11) is -0.433. The summed E-state index contributed by atoms with van der Waals surface area (Å²) in [6.45, 7) is 1.71. The minimum Gasteiger partial charge on any atom is -0.309 e. The van der Waals surface area contributed by atoms with Crippen LogP contribution in [-0.2, 0) is 10.0 Å². The van der Waals surface area contributed by atoms with Crippen LogP contribution in [0.25, 0.3) is 0 Å². The van der Waals surface area contributed by atoms with Crippen LogP contribution in [0.2, 0.25) is 0 Å². The molecule has 1 atom stereocenters. The third-order valence-corrected chi connectivity index (χ3v) is 4.63. The maximum absolute atomic E-state index is 13.5. The lowest BCUT2D eigenvalue weighted by Gasteiger charge is -2.17. The normalized spacial score (nSPS) is 13.8. The third kappa shape index (κ3) is 4.22. The average Bonchev–Trinajstić information content (AvgIpc) is 2.28. The van der Waals surface area contributed by atoms with E-state index in [0.29, 0.717) is 0 Å². The molecule has 0 fully saturated rings. The van der Waals surface area contributed by atoms with Gasteiger partial charge < -0.3 is 5.32 Å². The van der Waals surface area contributed by atoms with Gasteiger partial charge in [-0.3, -0.25) is 0 Å². The van der Waals surface area contributed by atoms with E-state index in [1.54, 1.807) is 6.92 Å². The number of hydrogen-bond acceptors (Lipinski definition) is 3. The molecule has 0 saturated heterocycles. The van der Waals surface area contributed by atoms with Crippen LogP contribution >= 0.6 is 0 Å². The van der Waals surface area contributed by atoms with Crippen molar-refractivity contribution in [1.29, 1.82) is 0 Å². The van der Waals surface area contributed by atoms with Crippen molar-refractivity contribution in [2.45, 2.75) is 13.0 Å². The summed E-state index contributed by atoms with van der Waals surface area (Å²) >= 11 is 0. The quantitative estimate of drug-likeness (QED) is 0.864. The van der Waals surface area contributed by atoms with Crippen molar-refractivity contribution in [3.8, 4) is 0 Å². The Balaban J connectivity index is 2.65. The summed E-state index contributed by atoms with van der Waals surface area (Å²) < 4.78 is 51.1. The second-order valence-electron chi connectivity index (χ2n) is 4.41. The molecule has 0 spiro atoms. The Morgan fingerprint density at radius 1 is 1.26 bits per heavy atom. The van der Waals surface area contributed by atoms with Crippen molar-refractivity contribution in [2.24, 2.45) is 0 Å². The largest absolute Gasteiger partial charge is 0.309 e. The molecule has 108 valence electrons. The van der Waals surface area contributed by atoms with Gasteiger partial charge in [0.2, 0.25) is 10.0 Å². The Kier molecular flexibility index (Phi) is 5.39. The molecule has 1 rings (SSSR count). The molecule has 0 radical (unpaired) electrons. The zero-order valence-electron chi connectivity index (χ0n) is 11.2. The zero-order chi connectivity index (χ0) is 14.6. The number of nitrogens with one attached hydrogen (secondary N) is 1. The van der Waals surface area contributed by atoms with E-state index in [0.717, 1.165) is 4.31 Å². The number of benzene rings is 1. The number of hydrogen-bond donors (Lipinski definition) is 1. The second kappa shape index (κ2) is 6.40. The van der Waals surface area contributed by atoms with Gasteiger partial charge in [-0.15, -0.1) is 0 Å². The molecule has 0 bridgehead atoms. The van der Waals surface area contributed by atoms with Gasteiger partial charge in [-0.05, 0) is 19.1 Å². The van der Waals surface area contributed by atoms with Crippen molar-refractivity contribution in [3.05, 3.63) is 35.4 Å². The van der Waals surface area contributed by atoms with E-state index in [2.05, 4.69) is 5.32 Å². The summed E-state index contributed by atoms with van der Waals surface area (Å²) in [5.74, 6) is -1.41. The molecule has 0 aliphatic heterocycles. The highest BCUT2D eigenvalue weighted by atomic mass is 32.2. The fourth-order valence-electron chi connectivity index (χ4n) is 1.61. The van der Waals surface area contributed by atoms with Crippen LogP contribution in [0.15, 0.2) is 18.2 Å². The van der Waals surface area contributed by atoms with Gasteiger partial charge in [-0.1, -0.05) is 6.07 Å². The van der Waals surface area contributed by atoms with Crippen LogP contribution in [0, 0.1) is 11.6 Å². The first-order chi connectivity index (χ1) is 8.75. The van der Waals surface area contributed by atoms with Crippen LogP contribution < -0.4 is 5.32 Å². The number of sulfonamides is 1. The molecule has 0 heterocycles. The average molecular weight is 292 g/mol. The molecule has 0 aliphatic rings. The highest BCUT2D eigenvalue weighted by molar-refractivity contribution is 7.89. The van der Waals surface area contributed by atoms with Crippen LogP contribution in [-0.4, -0.2) is 39.1 Å². The van der Waals surface area contributed by atoms with Crippen molar-refractivity contribution in [1.82, 2.24) is 9.62 Å². The molecule has 1 aromatic rings. The first kappa shape index (κ1) is 16.0. The fourth-order valence-corrected chi connectivity index (χ4v) is 2.35. The molecule has 19 heavy (non-hydrogen) atoms. The van der Waals surface area contributed by atoms with Crippen LogP contribution in [0.4, 0.5) is 8.78 Å². The summed E-state index contributed by atoms with van der Waals surface area (Å²) in [4.78, 5) is 0. The number of halogens is 2. The Bertz CT molecular complexity index is 512. The van der Waals surface area contributed by atoms with Crippen molar-refractivity contribution in [2.75, 3.05) is 26.4 Å². The van der Waals surface area contributed by atoms with E-state index in [-0.39, 0.29) is 17.9 Å². The summed E-state index contributed by atoms with van der Waals surface area (Å²) in [5, 5.41) is 2.81. The SMILES string of the molecule is CC(NCCS(=O)(=O)N(C)C)c1c(F)cccc1F. The minimum absolute atomic E-state index is 0.0789. The van der Waals surface area contributed by atoms with Crippen LogP contribution in [0.5, 0.6) is 0 Å². The topological polar surface area (TPSA) is 49.4 Å². The maximum atomic E-state index is 13.5. The summed E-state index contributed by atoms with van der Waals surface area (Å²) in [6.07, 6.45) is 0. The summed E-state index contributed by atoms with van der Waals surface area (Å²) in [6, 6.07) is 3.04. The predicted octanol–water partition coefficient (Wildman–Crippen LogP) is 1.51. The molecule has 0 aromatic heterocycles. The molecule has 1 aromatic carbocycles. The lowest BCUT2D eigenvalue weighted by atomic mass is 10.1. The standard InChI is InChI=1S/C12H18F2N2O2S/c1-9(12-10(13)5-4-6-11(12)14)15-7-8-19(17,18)16(2)3/h4-6,9,15H,7-8H2,1-3H3. The minimum atomic E-state index is -3.31. The summed E-state index contributed by atoms with van der Waals surface area (Å²) in [5.41, 5.74) is -0.0789. The lowest BCUT2D eigenvalue weighted by Crippen LogP contribution is -2.32. The molecule has 0 amide bonds. The van der Waals surface area contributed by atoms with Gasteiger partial charge >= 0.3 is 0 Å². The van der Waals surface area contributed by atoms with E-state index in [1.807, 2.05) is 0 Å². The first-order valence-corrected chi connectivity index (χ1v) is 7.44. The Morgan fingerprint density at radius 2 is 1.79 bits per heavy atom. The van der Waals surface area contributed by atoms with E-state index >= 15 is 0 Å². The van der Waals surface area contributed by atoms with Crippen LogP contribution in [0.1, 0.15) is 18.5 Å². The zero-order valence-corrected chi connectivity index (χ0v) is 12.0. The van der Waals surface area contributed by atoms with Crippen molar-refractivity contribution >= 4 is 10.0 Å². The highest BCUT2D eigenvalue weighted by Gasteiger charge is 2.17. The molecule has 0 saturated carbocycles. The fraction of sp³-hybridized carbons (Fsp3) is 0.500. The molecule has 1 N–H and O–H groups in total. The Labute approximate surface area is 112 Å². The molecule has 1 unspecified atom stereocenters. The third-order valence-electron chi connectivity index (χ3n) is 2.80. The molecular weight excluding hydrogens is 274 g/mol. The van der Waals surface area contributed by atoms with Gasteiger partial charge in [0.05, 0.1) is 5.75 Å².